The van der Waals surface area contributed by atoms with Crippen molar-refractivity contribution in [1.29, 1.82) is 5.26 Å². The Bertz CT molecular complexity index is 1220. The van der Waals surface area contributed by atoms with E-state index in [1.165, 1.54) is 28.8 Å². The summed E-state index contributed by atoms with van der Waals surface area (Å²) in [5, 5.41) is 9.64. The topological polar surface area (TPSA) is 69.3 Å². The molecule has 6 nitrogen and oxygen atoms in total. The molecule has 0 spiro atoms. The molecule has 0 N–H and O–H groups in total. The van der Waals surface area contributed by atoms with Crippen molar-refractivity contribution in [3.05, 3.63) is 67.6 Å². The number of pyridine rings is 1. The highest BCUT2D eigenvalue weighted by Crippen LogP contribution is 2.36. The molecule has 9 heteroatoms. The summed E-state index contributed by atoms with van der Waals surface area (Å²) < 4.78 is 15.2. The number of carbonyl (C=O) groups excluding carboxylic acids is 1. The fraction of sp³-hybridized carbons (Fsp3) is 0.333. The Morgan fingerprint density at radius 3 is 2.36 bits per heavy atom. The van der Waals surface area contributed by atoms with E-state index >= 15 is 0 Å². The Hall–Kier alpha value is -2.96. The summed E-state index contributed by atoms with van der Waals surface area (Å²) in [6.07, 6.45) is 1.74. The number of hydrogen-bond donors (Lipinski definition) is 0. The summed E-state index contributed by atoms with van der Waals surface area (Å²) in [5.74, 6) is 0.0857. The maximum absolute atomic E-state index is 13.2. The number of halogens is 1. The van der Waals surface area contributed by atoms with Crippen LogP contribution in [-0.2, 0) is 17.9 Å². The van der Waals surface area contributed by atoms with Crippen molar-refractivity contribution in [3.8, 4) is 6.07 Å². The van der Waals surface area contributed by atoms with Gasteiger partial charge in [-0.25, -0.2) is 4.39 Å². The third-order valence-corrected chi connectivity index (χ3v) is 7.01. The van der Waals surface area contributed by atoms with Crippen LogP contribution in [-0.4, -0.2) is 32.8 Å². The fourth-order valence-electron chi connectivity index (χ4n) is 3.84. The highest BCUT2D eigenvalue weighted by molar-refractivity contribution is 8.26. The molecular formula is C24H25FN4O2S2. The molecule has 1 fully saturated rings. The molecule has 1 aromatic heterocycles. The molecule has 0 atom stereocenters. The van der Waals surface area contributed by atoms with E-state index in [1.807, 2.05) is 31.7 Å². The van der Waals surface area contributed by atoms with Crippen molar-refractivity contribution >= 4 is 46.1 Å². The van der Waals surface area contributed by atoms with E-state index in [4.69, 9.17) is 12.2 Å². The number of aromatic nitrogens is 1. The number of benzene rings is 1. The van der Waals surface area contributed by atoms with Crippen LogP contribution in [0.5, 0.6) is 0 Å². The predicted octanol–water partition coefficient (Wildman–Crippen LogP) is 4.44. The molecule has 0 radical (unpaired) electrons. The lowest BCUT2D eigenvalue weighted by atomic mass is 10.0. The van der Waals surface area contributed by atoms with Gasteiger partial charge in [0.05, 0.1) is 11.4 Å². The van der Waals surface area contributed by atoms with Crippen LogP contribution in [0.3, 0.4) is 0 Å². The van der Waals surface area contributed by atoms with Crippen molar-refractivity contribution in [1.82, 2.24) is 9.47 Å². The molecule has 1 aliphatic heterocycles. The van der Waals surface area contributed by atoms with Crippen LogP contribution in [0.15, 0.2) is 34.0 Å². The highest BCUT2D eigenvalue weighted by Gasteiger charge is 2.33. The second-order valence-corrected chi connectivity index (χ2v) is 9.14. The van der Waals surface area contributed by atoms with Gasteiger partial charge >= 0.3 is 0 Å². The van der Waals surface area contributed by atoms with Crippen molar-refractivity contribution < 1.29 is 9.18 Å². The number of nitrogens with zero attached hydrogens (tertiary/aromatic N) is 4. The normalized spacial score (nSPS) is 14.8. The lowest BCUT2D eigenvalue weighted by molar-refractivity contribution is -0.122. The zero-order chi connectivity index (χ0) is 24.3. The number of carbonyl (C=O) groups is 1. The average Bonchev–Trinajstić information content (AvgIpc) is 3.06. The van der Waals surface area contributed by atoms with Crippen LogP contribution in [0.25, 0.3) is 6.08 Å². The number of amides is 1. The monoisotopic (exact) mass is 484 g/mol. The van der Waals surface area contributed by atoms with E-state index in [1.54, 1.807) is 29.7 Å². The first-order chi connectivity index (χ1) is 15.8. The van der Waals surface area contributed by atoms with Crippen molar-refractivity contribution in [2.75, 3.05) is 18.0 Å². The first-order valence-electron chi connectivity index (χ1n) is 10.7. The van der Waals surface area contributed by atoms with Crippen LogP contribution >= 0.6 is 24.0 Å². The van der Waals surface area contributed by atoms with E-state index in [0.717, 1.165) is 5.56 Å². The third-order valence-electron chi connectivity index (χ3n) is 5.63. The van der Waals surface area contributed by atoms with E-state index in [9.17, 15) is 19.2 Å². The average molecular weight is 485 g/mol. The lowest BCUT2D eigenvalue weighted by Crippen LogP contribution is -2.34. The molecule has 172 valence electrons. The van der Waals surface area contributed by atoms with Crippen molar-refractivity contribution in [3.63, 3.8) is 0 Å². The molecule has 33 heavy (non-hydrogen) atoms. The number of anilines is 1. The summed E-state index contributed by atoms with van der Waals surface area (Å²) >= 11 is 6.63. The summed E-state index contributed by atoms with van der Waals surface area (Å²) in [4.78, 5) is 30.1. The van der Waals surface area contributed by atoms with E-state index in [2.05, 4.69) is 0 Å². The minimum Gasteiger partial charge on any atom is -0.358 e. The van der Waals surface area contributed by atoms with Crippen LogP contribution in [0.2, 0.25) is 0 Å². The predicted molar refractivity (Wildman–Crippen MR) is 135 cm³/mol. The largest absolute Gasteiger partial charge is 0.358 e. The number of hydrogen-bond acceptors (Lipinski definition) is 6. The third kappa shape index (κ3) is 4.72. The Labute approximate surface area is 202 Å². The molecule has 0 unspecified atom stereocenters. The maximum atomic E-state index is 13.2. The second-order valence-electron chi connectivity index (χ2n) is 7.47. The first-order valence-corrected chi connectivity index (χ1v) is 11.9. The number of thioether (sulfide) groups is 1. The molecule has 2 heterocycles. The van der Waals surface area contributed by atoms with Crippen LogP contribution < -0.4 is 10.5 Å². The lowest BCUT2D eigenvalue weighted by Gasteiger charge is -2.28. The second kappa shape index (κ2) is 10.3. The summed E-state index contributed by atoms with van der Waals surface area (Å²) in [6, 6.07) is 7.97. The Balaban J connectivity index is 2.12. The SMILES string of the molecule is CCN(CC)c1c(C=C2SC(=S)N(Cc3ccc(F)cc3)C2=O)c(C)c(C#N)c(=O)n1CC. The summed E-state index contributed by atoms with van der Waals surface area (Å²) in [5.41, 5.74) is 1.71. The molecule has 0 saturated carbocycles. The van der Waals surface area contributed by atoms with Gasteiger partial charge in [-0.2, -0.15) is 5.26 Å². The molecule has 3 rings (SSSR count). The van der Waals surface area contributed by atoms with Gasteiger partial charge in [-0.3, -0.25) is 19.1 Å². The Morgan fingerprint density at radius 2 is 1.82 bits per heavy atom. The van der Waals surface area contributed by atoms with Gasteiger partial charge in [-0.15, -0.1) is 0 Å². The summed E-state index contributed by atoms with van der Waals surface area (Å²) in [7, 11) is 0. The number of nitriles is 1. The molecule has 1 amide bonds. The number of rotatable bonds is 7. The van der Waals surface area contributed by atoms with Gasteiger partial charge in [0.25, 0.3) is 11.5 Å². The number of thiocarbonyl (C=S) groups is 1. The van der Waals surface area contributed by atoms with Gasteiger partial charge in [0, 0.05) is 25.2 Å². The van der Waals surface area contributed by atoms with Crippen LogP contribution in [0, 0.1) is 24.1 Å². The maximum Gasteiger partial charge on any atom is 0.270 e. The molecule has 1 saturated heterocycles. The van der Waals surface area contributed by atoms with Crippen LogP contribution in [0.1, 0.15) is 43.0 Å². The van der Waals surface area contributed by atoms with Crippen molar-refractivity contribution in [2.24, 2.45) is 0 Å². The van der Waals surface area contributed by atoms with Gasteiger partial charge in [0.1, 0.15) is 27.6 Å². The highest BCUT2D eigenvalue weighted by atomic mass is 32.2. The summed E-state index contributed by atoms with van der Waals surface area (Å²) in [6.45, 7) is 9.53. The molecule has 1 aliphatic rings. The fourth-order valence-corrected chi connectivity index (χ4v) is 5.08. The zero-order valence-electron chi connectivity index (χ0n) is 19.0. The molecule has 0 bridgehead atoms. The smallest absolute Gasteiger partial charge is 0.270 e. The quantitative estimate of drug-likeness (QED) is 0.428. The van der Waals surface area contributed by atoms with Gasteiger partial charge in [-0.05, 0) is 57.0 Å². The molecule has 2 aromatic rings. The first kappa shape index (κ1) is 24.7. The Morgan fingerprint density at radius 1 is 1.18 bits per heavy atom. The van der Waals surface area contributed by atoms with Gasteiger partial charge < -0.3 is 4.90 Å². The standard InChI is InChI=1S/C24H25FN4O2S2/c1-5-27(6-2)21-18(15(4)19(13-26)22(30)28(21)7-3)12-20-23(31)29(24(32)33-20)14-16-8-10-17(25)11-9-16/h8-12H,5-7,14H2,1-4H3. The van der Waals surface area contributed by atoms with E-state index < -0.39 is 0 Å². The zero-order valence-corrected chi connectivity index (χ0v) is 20.6. The molecular weight excluding hydrogens is 459 g/mol. The van der Waals surface area contributed by atoms with Crippen LogP contribution in [0.4, 0.5) is 10.2 Å². The molecule has 0 aliphatic carbocycles. The molecule has 1 aromatic carbocycles. The Kier molecular flexibility index (Phi) is 7.72. The van der Waals surface area contributed by atoms with Gasteiger partial charge in [0.15, 0.2) is 0 Å². The minimum absolute atomic E-state index is 0.0702. The van der Waals surface area contributed by atoms with E-state index in [-0.39, 0.29) is 29.4 Å². The van der Waals surface area contributed by atoms with Gasteiger partial charge in [0.2, 0.25) is 0 Å². The van der Waals surface area contributed by atoms with E-state index in [0.29, 0.717) is 45.8 Å². The van der Waals surface area contributed by atoms with Crippen molar-refractivity contribution in [2.45, 2.75) is 40.8 Å². The minimum atomic E-state index is -0.345. The van der Waals surface area contributed by atoms with Gasteiger partial charge in [-0.1, -0.05) is 36.1 Å².